The molecule has 0 spiro atoms. The lowest BCUT2D eigenvalue weighted by Gasteiger charge is -2.40. The van der Waals surface area contributed by atoms with Gasteiger partial charge in [-0.2, -0.15) is 10.3 Å². The summed E-state index contributed by atoms with van der Waals surface area (Å²) in [7, 11) is 0. The van der Waals surface area contributed by atoms with Gasteiger partial charge in [0.2, 0.25) is 5.82 Å². The third-order valence-electron chi connectivity index (χ3n) is 7.04. The van der Waals surface area contributed by atoms with Crippen molar-refractivity contribution in [3.05, 3.63) is 30.6 Å². The van der Waals surface area contributed by atoms with Crippen LogP contribution in [0.25, 0.3) is 22.5 Å². The highest BCUT2D eigenvalue weighted by atomic mass is 15.5. The van der Waals surface area contributed by atoms with E-state index < -0.39 is 0 Å². The lowest BCUT2D eigenvalue weighted by Crippen LogP contribution is -2.38. The fourth-order valence-corrected chi connectivity index (χ4v) is 4.77. The average molecular weight is 406 g/mol. The SMILES string of the molecule is CC(C)(C)C1CCN(c2ccc(-c3cnn(C4CCC4)c3)c(-c3nn[nH]n3)c2)CC1. The molecule has 3 aromatic rings. The number of aromatic amines is 1. The molecule has 1 aliphatic heterocycles. The zero-order valence-corrected chi connectivity index (χ0v) is 18.2. The largest absolute Gasteiger partial charge is 0.371 e. The zero-order valence-electron chi connectivity index (χ0n) is 18.2. The normalized spacial score (nSPS) is 18.6. The molecule has 1 aromatic carbocycles. The summed E-state index contributed by atoms with van der Waals surface area (Å²) in [6, 6.07) is 7.20. The van der Waals surface area contributed by atoms with Crippen LogP contribution in [0.1, 0.15) is 58.9 Å². The Hall–Kier alpha value is -2.70. The Morgan fingerprint density at radius 2 is 1.83 bits per heavy atom. The van der Waals surface area contributed by atoms with Crippen LogP contribution in [-0.4, -0.2) is 43.5 Å². The summed E-state index contributed by atoms with van der Waals surface area (Å²) in [5.41, 5.74) is 4.84. The van der Waals surface area contributed by atoms with Gasteiger partial charge in [0.25, 0.3) is 0 Å². The summed E-state index contributed by atoms with van der Waals surface area (Å²) in [4.78, 5) is 2.49. The molecule has 2 aliphatic rings. The van der Waals surface area contributed by atoms with Crippen LogP contribution in [0.4, 0.5) is 5.69 Å². The van der Waals surface area contributed by atoms with Gasteiger partial charge in [0.05, 0.1) is 12.2 Å². The number of piperidine rings is 1. The number of aromatic nitrogens is 6. The Balaban J connectivity index is 1.44. The maximum absolute atomic E-state index is 4.62. The minimum Gasteiger partial charge on any atom is -0.371 e. The topological polar surface area (TPSA) is 75.5 Å². The molecule has 7 nitrogen and oxygen atoms in total. The van der Waals surface area contributed by atoms with E-state index in [9.17, 15) is 0 Å². The third-order valence-corrected chi connectivity index (χ3v) is 7.04. The molecule has 2 fully saturated rings. The van der Waals surface area contributed by atoms with Crippen molar-refractivity contribution in [1.29, 1.82) is 0 Å². The van der Waals surface area contributed by atoms with Crippen molar-refractivity contribution in [2.24, 2.45) is 11.3 Å². The van der Waals surface area contributed by atoms with Gasteiger partial charge in [-0.05, 0) is 66.3 Å². The molecule has 5 rings (SSSR count). The Bertz CT molecular complexity index is 987. The first-order valence-electron chi connectivity index (χ1n) is 11.2. The Labute approximate surface area is 177 Å². The monoisotopic (exact) mass is 405 g/mol. The predicted molar refractivity (Wildman–Crippen MR) is 118 cm³/mol. The maximum atomic E-state index is 4.62. The van der Waals surface area contributed by atoms with Crippen LogP contribution in [0.3, 0.4) is 0 Å². The molecule has 0 unspecified atom stereocenters. The van der Waals surface area contributed by atoms with Crippen LogP contribution in [0.2, 0.25) is 0 Å². The quantitative estimate of drug-likeness (QED) is 0.680. The van der Waals surface area contributed by atoms with Crippen molar-refractivity contribution < 1.29 is 0 Å². The fourth-order valence-electron chi connectivity index (χ4n) is 4.77. The van der Waals surface area contributed by atoms with E-state index >= 15 is 0 Å². The number of benzene rings is 1. The van der Waals surface area contributed by atoms with Crippen molar-refractivity contribution >= 4 is 5.69 Å². The number of nitrogens with one attached hydrogen (secondary N) is 1. The second-order valence-electron chi connectivity index (χ2n) is 9.89. The van der Waals surface area contributed by atoms with Crippen molar-refractivity contribution in [3.8, 4) is 22.5 Å². The molecule has 2 aromatic heterocycles. The van der Waals surface area contributed by atoms with Crippen molar-refractivity contribution in [2.75, 3.05) is 18.0 Å². The molecule has 158 valence electrons. The predicted octanol–water partition coefficient (Wildman–Crippen LogP) is 4.72. The van der Waals surface area contributed by atoms with E-state index in [1.807, 2.05) is 6.20 Å². The van der Waals surface area contributed by atoms with Crippen molar-refractivity contribution in [2.45, 2.75) is 58.9 Å². The van der Waals surface area contributed by atoms with E-state index in [0.29, 0.717) is 17.3 Å². The molecule has 1 N–H and O–H groups in total. The van der Waals surface area contributed by atoms with E-state index in [4.69, 9.17) is 0 Å². The lowest BCUT2D eigenvalue weighted by molar-refractivity contribution is 0.199. The van der Waals surface area contributed by atoms with Gasteiger partial charge in [0.1, 0.15) is 0 Å². The first kappa shape index (κ1) is 19.3. The van der Waals surface area contributed by atoms with Crippen LogP contribution in [0.15, 0.2) is 30.6 Å². The smallest absolute Gasteiger partial charge is 0.205 e. The van der Waals surface area contributed by atoms with Crippen LogP contribution in [0, 0.1) is 11.3 Å². The highest BCUT2D eigenvalue weighted by Crippen LogP contribution is 2.39. The molecule has 7 heteroatoms. The Kier molecular flexibility index (Phi) is 4.83. The van der Waals surface area contributed by atoms with E-state index in [-0.39, 0.29) is 0 Å². The zero-order chi connectivity index (χ0) is 20.7. The van der Waals surface area contributed by atoms with Crippen LogP contribution in [-0.2, 0) is 0 Å². The Morgan fingerprint density at radius 1 is 1.03 bits per heavy atom. The molecular weight excluding hydrogens is 374 g/mol. The highest BCUT2D eigenvalue weighted by molar-refractivity contribution is 5.82. The van der Waals surface area contributed by atoms with Gasteiger partial charge in [0, 0.05) is 36.1 Å². The molecule has 0 amide bonds. The van der Waals surface area contributed by atoms with Gasteiger partial charge in [-0.3, -0.25) is 4.68 Å². The first-order valence-corrected chi connectivity index (χ1v) is 11.2. The summed E-state index contributed by atoms with van der Waals surface area (Å²) in [5, 5.41) is 19.6. The van der Waals surface area contributed by atoms with Crippen LogP contribution >= 0.6 is 0 Å². The summed E-state index contributed by atoms with van der Waals surface area (Å²) < 4.78 is 2.12. The third kappa shape index (κ3) is 3.61. The molecular formula is C23H31N7. The molecule has 30 heavy (non-hydrogen) atoms. The minimum atomic E-state index is 0.381. The minimum absolute atomic E-state index is 0.381. The second kappa shape index (κ2) is 7.52. The van der Waals surface area contributed by atoms with E-state index in [2.05, 4.69) is 80.5 Å². The maximum Gasteiger partial charge on any atom is 0.205 e. The number of hydrogen-bond donors (Lipinski definition) is 1. The standard InChI is InChI=1S/C23H31N7/c1-23(2,3)17-9-11-29(12-10-17)19-7-8-20(21(13-19)22-25-27-28-26-22)16-14-24-30(15-16)18-5-4-6-18/h7-8,13-15,17-18H,4-6,9-12H2,1-3H3,(H,25,26,27,28). The lowest BCUT2D eigenvalue weighted by atomic mass is 9.75. The van der Waals surface area contributed by atoms with Crippen molar-refractivity contribution in [1.82, 2.24) is 30.4 Å². The number of H-pyrrole nitrogens is 1. The van der Waals surface area contributed by atoms with E-state index in [1.54, 1.807) is 0 Å². The molecule has 0 radical (unpaired) electrons. The summed E-state index contributed by atoms with van der Waals surface area (Å²) in [6.45, 7) is 9.26. The number of anilines is 1. The molecule has 1 saturated carbocycles. The summed E-state index contributed by atoms with van der Waals surface area (Å²) >= 11 is 0. The molecule has 0 bridgehead atoms. The fraction of sp³-hybridized carbons (Fsp3) is 0.565. The van der Waals surface area contributed by atoms with Gasteiger partial charge in [-0.15, -0.1) is 10.2 Å². The van der Waals surface area contributed by atoms with Gasteiger partial charge in [-0.1, -0.05) is 26.8 Å². The number of hydrogen-bond acceptors (Lipinski definition) is 5. The highest BCUT2D eigenvalue weighted by Gasteiger charge is 2.29. The van der Waals surface area contributed by atoms with Crippen LogP contribution < -0.4 is 4.90 Å². The average Bonchev–Trinajstić information content (AvgIpc) is 3.38. The molecule has 3 heterocycles. The van der Waals surface area contributed by atoms with Gasteiger partial charge >= 0.3 is 0 Å². The van der Waals surface area contributed by atoms with Crippen molar-refractivity contribution in [3.63, 3.8) is 0 Å². The van der Waals surface area contributed by atoms with E-state index in [1.165, 1.54) is 37.8 Å². The summed E-state index contributed by atoms with van der Waals surface area (Å²) in [6.07, 6.45) is 10.3. The van der Waals surface area contributed by atoms with E-state index in [0.717, 1.165) is 35.7 Å². The summed E-state index contributed by atoms with van der Waals surface area (Å²) in [5.74, 6) is 1.41. The molecule has 1 saturated heterocycles. The molecule has 1 aliphatic carbocycles. The Morgan fingerprint density at radius 3 is 2.47 bits per heavy atom. The number of nitrogens with zero attached hydrogens (tertiary/aromatic N) is 6. The van der Waals surface area contributed by atoms with Gasteiger partial charge in [0.15, 0.2) is 0 Å². The van der Waals surface area contributed by atoms with Gasteiger partial charge < -0.3 is 4.90 Å². The number of tetrazole rings is 1. The van der Waals surface area contributed by atoms with Crippen LogP contribution in [0.5, 0.6) is 0 Å². The van der Waals surface area contributed by atoms with Gasteiger partial charge in [-0.25, -0.2) is 0 Å². The second-order valence-corrected chi connectivity index (χ2v) is 9.89. The number of rotatable bonds is 4. The molecule has 0 atom stereocenters. The first-order chi connectivity index (χ1) is 14.5.